The third kappa shape index (κ3) is 3.19. The van der Waals surface area contributed by atoms with Crippen LogP contribution in [-0.2, 0) is 21.8 Å². The molecule has 0 aliphatic heterocycles. The molecule has 0 saturated heterocycles. The molecule has 23 heavy (non-hydrogen) atoms. The highest BCUT2D eigenvalue weighted by Crippen LogP contribution is 2.38. The number of sulfonamides is 1. The Labute approximate surface area is 138 Å². The lowest BCUT2D eigenvalue weighted by molar-refractivity contribution is -0.0238. The Kier molecular flexibility index (Phi) is 4.80. The van der Waals surface area contributed by atoms with E-state index in [1.54, 1.807) is 25.0 Å². The highest BCUT2D eigenvalue weighted by Gasteiger charge is 2.40. The molecule has 2 aliphatic carbocycles. The lowest BCUT2D eigenvalue weighted by Gasteiger charge is -2.39. The molecular weight excluding hydrogens is 314 g/mol. The van der Waals surface area contributed by atoms with E-state index in [1.165, 1.54) is 4.31 Å². The van der Waals surface area contributed by atoms with E-state index in [2.05, 4.69) is 5.10 Å². The predicted octanol–water partition coefficient (Wildman–Crippen LogP) is 2.27. The molecule has 0 amide bonds. The van der Waals surface area contributed by atoms with Crippen molar-refractivity contribution in [1.82, 2.24) is 14.1 Å². The molecule has 2 aliphatic rings. The second-order valence-electron chi connectivity index (χ2n) is 6.76. The second kappa shape index (κ2) is 6.53. The van der Waals surface area contributed by atoms with Crippen LogP contribution >= 0.6 is 0 Å². The minimum Gasteiger partial charge on any atom is -0.378 e. The minimum absolute atomic E-state index is 0.0354. The Bertz CT molecular complexity index is 644. The van der Waals surface area contributed by atoms with Crippen LogP contribution in [0, 0.1) is 0 Å². The highest BCUT2D eigenvalue weighted by atomic mass is 32.2. The van der Waals surface area contributed by atoms with Gasteiger partial charge in [0.2, 0.25) is 10.0 Å². The Morgan fingerprint density at radius 2 is 2.00 bits per heavy atom. The van der Waals surface area contributed by atoms with Crippen LogP contribution in [-0.4, -0.2) is 48.3 Å². The molecule has 0 atom stereocenters. The molecular formula is C16H27N3O3S. The van der Waals surface area contributed by atoms with Crippen LogP contribution in [0.2, 0.25) is 0 Å². The Balaban J connectivity index is 1.80. The maximum absolute atomic E-state index is 13.1. The first-order chi connectivity index (χ1) is 10.9. The van der Waals surface area contributed by atoms with Gasteiger partial charge in [-0.05, 0) is 32.6 Å². The number of aromatic nitrogens is 2. The molecule has 3 rings (SSSR count). The van der Waals surface area contributed by atoms with Crippen LogP contribution < -0.4 is 0 Å². The summed E-state index contributed by atoms with van der Waals surface area (Å²) in [6.07, 6.45) is 7.83. The molecule has 0 spiro atoms. The van der Waals surface area contributed by atoms with Crippen molar-refractivity contribution in [3.05, 3.63) is 11.9 Å². The van der Waals surface area contributed by atoms with Gasteiger partial charge >= 0.3 is 0 Å². The zero-order chi connectivity index (χ0) is 16.6. The predicted molar refractivity (Wildman–Crippen MR) is 87.8 cm³/mol. The van der Waals surface area contributed by atoms with Crippen molar-refractivity contribution in [2.45, 2.75) is 68.4 Å². The molecule has 130 valence electrons. The van der Waals surface area contributed by atoms with E-state index < -0.39 is 10.0 Å². The van der Waals surface area contributed by atoms with E-state index in [9.17, 15) is 8.42 Å². The summed E-state index contributed by atoms with van der Waals surface area (Å²) >= 11 is 0. The van der Waals surface area contributed by atoms with E-state index in [0.717, 1.165) is 44.2 Å². The number of hydrogen-bond donors (Lipinski definition) is 0. The number of hydrogen-bond acceptors (Lipinski definition) is 4. The van der Waals surface area contributed by atoms with Gasteiger partial charge in [-0.15, -0.1) is 0 Å². The summed E-state index contributed by atoms with van der Waals surface area (Å²) in [5, 5.41) is 4.48. The fourth-order valence-corrected chi connectivity index (χ4v) is 5.36. The lowest BCUT2D eigenvalue weighted by atomic mass is 9.89. The van der Waals surface area contributed by atoms with Crippen LogP contribution in [0.1, 0.15) is 57.1 Å². The summed E-state index contributed by atoms with van der Waals surface area (Å²) in [5.74, 6) is 0.284. The highest BCUT2D eigenvalue weighted by molar-refractivity contribution is 7.89. The van der Waals surface area contributed by atoms with Gasteiger partial charge in [0, 0.05) is 38.9 Å². The molecule has 7 heteroatoms. The van der Waals surface area contributed by atoms with Crippen molar-refractivity contribution in [3.63, 3.8) is 0 Å². The topological polar surface area (TPSA) is 64.4 Å². The number of rotatable bonds is 6. The van der Waals surface area contributed by atoms with Gasteiger partial charge in [0.1, 0.15) is 4.90 Å². The maximum atomic E-state index is 13.1. The van der Waals surface area contributed by atoms with Gasteiger partial charge < -0.3 is 4.74 Å². The number of ether oxygens (including phenoxy) is 1. The standard InChI is InChI=1S/C16H27N3O3S/c1-4-22-14-9-13(10-14)19(3)23(20,21)15-11-18(2)17-16(15)12-7-5-6-8-12/h11-14H,4-10H2,1-3H3. The number of nitrogens with zero attached hydrogens (tertiary/aromatic N) is 3. The summed E-state index contributed by atoms with van der Waals surface area (Å²) in [6.45, 7) is 2.65. The molecule has 1 heterocycles. The van der Waals surface area contributed by atoms with Crippen LogP contribution in [0.25, 0.3) is 0 Å². The first-order valence-electron chi connectivity index (χ1n) is 8.56. The summed E-state index contributed by atoms with van der Waals surface area (Å²) in [6, 6.07) is 0.0354. The quantitative estimate of drug-likeness (QED) is 0.796. The average Bonchev–Trinajstić information content (AvgIpc) is 3.10. The third-order valence-corrected chi connectivity index (χ3v) is 7.13. The van der Waals surface area contributed by atoms with Crippen molar-refractivity contribution in [3.8, 4) is 0 Å². The molecule has 0 N–H and O–H groups in total. The van der Waals surface area contributed by atoms with E-state index in [1.807, 2.05) is 6.92 Å². The smallest absolute Gasteiger partial charge is 0.246 e. The summed E-state index contributed by atoms with van der Waals surface area (Å²) in [7, 11) is -0.00460. The van der Waals surface area contributed by atoms with Crippen molar-refractivity contribution in [1.29, 1.82) is 0 Å². The van der Waals surface area contributed by atoms with Gasteiger partial charge in [0.15, 0.2) is 0 Å². The first kappa shape index (κ1) is 16.9. The average molecular weight is 341 g/mol. The van der Waals surface area contributed by atoms with E-state index in [-0.39, 0.29) is 18.1 Å². The normalized spacial score (nSPS) is 25.9. The van der Waals surface area contributed by atoms with E-state index in [4.69, 9.17) is 4.74 Å². The summed E-state index contributed by atoms with van der Waals surface area (Å²) < 4.78 is 34.8. The summed E-state index contributed by atoms with van der Waals surface area (Å²) in [5.41, 5.74) is 0.762. The molecule has 2 saturated carbocycles. The van der Waals surface area contributed by atoms with Crippen LogP contribution in [0.4, 0.5) is 0 Å². The Hall–Kier alpha value is -0.920. The minimum atomic E-state index is -3.49. The number of aryl methyl sites for hydroxylation is 1. The van der Waals surface area contributed by atoms with Crippen LogP contribution in [0.5, 0.6) is 0 Å². The van der Waals surface area contributed by atoms with Crippen molar-refractivity contribution in [2.75, 3.05) is 13.7 Å². The van der Waals surface area contributed by atoms with Crippen LogP contribution in [0.15, 0.2) is 11.1 Å². The van der Waals surface area contributed by atoms with Gasteiger partial charge in [0.05, 0.1) is 11.8 Å². The SMILES string of the molecule is CCOC1CC(N(C)S(=O)(=O)c2cn(C)nc2C2CCCC2)C1. The van der Waals surface area contributed by atoms with Crippen molar-refractivity contribution < 1.29 is 13.2 Å². The monoisotopic (exact) mass is 341 g/mol. The zero-order valence-corrected chi connectivity index (χ0v) is 15.1. The van der Waals surface area contributed by atoms with E-state index >= 15 is 0 Å². The molecule has 6 nitrogen and oxygen atoms in total. The fraction of sp³-hybridized carbons (Fsp3) is 0.812. The molecule has 0 aromatic carbocycles. The van der Waals surface area contributed by atoms with Crippen molar-refractivity contribution >= 4 is 10.0 Å². The van der Waals surface area contributed by atoms with Crippen LogP contribution in [0.3, 0.4) is 0 Å². The molecule has 0 radical (unpaired) electrons. The molecule has 1 aromatic rings. The van der Waals surface area contributed by atoms with Gasteiger partial charge in [-0.25, -0.2) is 8.42 Å². The van der Waals surface area contributed by atoms with Gasteiger partial charge in [-0.2, -0.15) is 9.40 Å². The lowest BCUT2D eigenvalue weighted by Crippen LogP contribution is -2.48. The fourth-order valence-electron chi connectivity index (χ4n) is 3.72. The molecule has 1 aromatic heterocycles. The molecule has 2 fully saturated rings. The van der Waals surface area contributed by atoms with Gasteiger partial charge in [0.25, 0.3) is 0 Å². The largest absolute Gasteiger partial charge is 0.378 e. The first-order valence-corrected chi connectivity index (χ1v) is 10.0. The second-order valence-corrected chi connectivity index (χ2v) is 8.72. The zero-order valence-electron chi connectivity index (χ0n) is 14.2. The molecule has 0 unspecified atom stereocenters. The van der Waals surface area contributed by atoms with E-state index in [0.29, 0.717) is 11.5 Å². The maximum Gasteiger partial charge on any atom is 0.246 e. The Morgan fingerprint density at radius 1 is 1.35 bits per heavy atom. The summed E-state index contributed by atoms with van der Waals surface area (Å²) in [4.78, 5) is 0.397. The third-order valence-electron chi connectivity index (χ3n) is 5.21. The molecule has 0 bridgehead atoms. The van der Waals surface area contributed by atoms with Gasteiger partial charge in [-0.3, -0.25) is 4.68 Å². The Morgan fingerprint density at radius 3 is 2.61 bits per heavy atom. The van der Waals surface area contributed by atoms with Crippen molar-refractivity contribution in [2.24, 2.45) is 7.05 Å². The van der Waals surface area contributed by atoms with Gasteiger partial charge in [-0.1, -0.05) is 12.8 Å².